The van der Waals surface area contributed by atoms with E-state index in [4.69, 9.17) is 11.6 Å². The molecule has 7 heteroatoms. The highest BCUT2D eigenvalue weighted by molar-refractivity contribution is 6.29. The average Bonchev–Trinajstić information content (AvgIpc) is 2.62. The second kappa shape index (κ2) is 7.78. The van der Waals surface area contributed by atoms with Gasteiger partial charge in [0.05, 0.1) is 12.0 Å². The van der Waals surface area contributed by atoms with E-state index in [2.05, 4.69) is 15.5 Å². The highest BCUT2D eigenvalue weighted by Crippen LogP contribution is 2.23. The van der Waals surface area contributed by atoms with Gasteiger partial charge < -0.3 is 10.2 Å². The fraction of sp³-hybridized carbons (Fsp3) is 0.389. The van der Waals surface area contributed by atoms with Crippen molar-refractivity contribution >= 4 is 23.3 Å². The Morgan fingerprint density at radius 3 is 2.92 bits per heavy atom. The van der Waals surface area contributed by atoms with Crippen molar-refractivity contribution in [2.24, 2.45) is 5.92 Å². The summed E-state index contributed by atoms with van der Waals surface area (Å²) < 4.78 is 13.3. The molecular weight excluding hydrogens is 343 g/mol. The van der Waals surface area contributed by atoms with Gasteiger partial charge in [0.2, 0.25) is 5.91 Å². The fourth-order valence-corrected chi connectivity index (χ4v) is 3.17. The minimum atomic E-state index is -0.302. The van der Waals surface area contributed by atoms with Gasteiger partial charge in [0.15, 0.2) is 11.0 Å². The van der Waals surface area contributed by atoms with Crippen molar-refractivity contribution in [1.82, 2.24) is 15.5 Å². The Bertz CT molecular complexity index is 740. The topological polar surface area (TPSA) is 58.1 Å². The van der Waals surface area contributed by atoms with Crippen LogP contribution in [0.4, 0.5) is 10.2 Å². The monoisotopic (exact) mass is 362 g/mol. The molecule has 1 aliphatic rings. The summed E-state index contributed by atoms with van der Waals surface area (Å²) >= 11 is 5.77. The van der Waals surface area contributed by atoms with Crippen molar-refractivity contribution < 1.29 is 9.18 Å². The molecule has 1 fully saturated rings. The molecule has 25 heavy (non-hydrogen) atoms. The van der Waals surface area contributed by atoms with Crippen molar-refractivity contribution in [2.45, 2.75) is 25.8 Å². The lowest BCUT2D eigenvalue weighted by Gasteiger charge is -2.33. The lowest BCUT2D eigenvalue weighted by Crippen LogP contribution is -2.44. The Morgan fingerprint density at radius 1 is 1.36 bits per heavy atom. The third kappa shape index (κ3) is 4.45. The van der Waals surface area contributed by atoms with Crippen LogP contribution in [-0.4, -0.2) is 29.2 Å². The molecule has 1 amide bonds. The molecule has 0 radical (unpaired) electrons. The Morgan fingerprint density at radius 2 is 2.20 bits per heavy atom. The molecule has 3 rings (SSSR count). The number of hydrogen-bond donors (Lipinski definition) is 1. The maximum Gasteiger partial charge on any atom is 0.225 e. The van der Waals surface area contributed by atoms with Gasteiger partial charge in [-0.1, -0.05) is 23.7 Å². The Kier molecular flexibility index (Phi) is 5.48. The Hall–Kier alpha value is -2.21. The predicted molar refractivity (Wildman–Crippen MR) is 94.9 cm³/mol. The van der Waals surface area contributed by atoms with Crippen LogP contribution in [0.3, 0.4) is 0 Å². The van der Waals surface area contributed by atoms with Crippen LogP contribution in [0, 0.1) is 11.7 Å². The first-order valence-corrected chi connectivity index (χ1v) is 8.71. The normalized spacial score (nSPS) is 18.7. The molecule has 2 atom stereocenters. The van der Waals surface area contributed by atoms with Crippen molar-refractivity contribution in [3.63, 3.8) is 0 Å². The van der Waals surface area contributed by atoms with Gasteiger partial charge in [-0.15, -0.1) is 10.2 Å². The molecular formula is C18H20ClFN4O. The number of amides is 1. The van der Waals surface area contributed by atoms with Gasteiger partial charge >= 0.3 is 0 Å². The van der Waals surface area contributed by atoms with Gasteiger partial charge in [-0.05, 0) is 49.6 Å². The van der Waals surface area contributed by atoms with Gasteiger partial charge in [0.1, 0.15) is 5.82 Å². The van der Waals surface area contributed by atoms with Gasteiger partial charge in [-0.25, -0.2) is 4.39 Å². The first-order valence-electron chi connectivity index (χ1n) is 8.33. The zero-order valence-corrected chi connectivity index (χ0v) is 14.7. The standard InChI is InChI=1S/C18H20ClFN4O/c1-12(13-4-2-6-15(20)10-13)21-18(25)14-5-3-9-24(11-14)17-8-7-16(19)22-23-17/h2,4,6-8,10,12,14H,3,5,9,11H2,1H3,(H,21,25)/t12-,14+/m0/s1. The number of rotatable bonds is 4. The first kappa shape index (κ1) is 17.6. The van der Waals surface area contributed by atoms with Crippen LogP contribution in [0.5, 0.6) is 0 Å². The number of aromatic nitrogens is 2. The number of benzene rings is 1. The minimum absolute atomic E-state index is 0.0246. The van der Waals surface area contributed by atoms with Crippen LogP contribution in [0.15, 0.2) is 36.4 Å². The summed E-state index contributed by atoms with van der Waals surface area (Å²) in [4.78, 5) is 14.7. The molecule has 0 unspecified atom stereocenters. The molecule has 1 aromatic heterocycles. The van der Waals surface area contributed by atoms with E-state index in [9.17, 15) is 9.18 Å². The van der Waals surface area contributed by atoms with E-state index in [0.29, 0.717) is 11.7 Å². The number of nitrogens with zero attached hydrogens (tertiary/aromatic N) is 3. The molecule has 1 aromatic carbocycles. The molecule has 0 aliphatic carbocycles. The average molecular weight is 363 g/mol. The van der Waals surface area contributed by atoms with Crippen LogP contribution in [0.2, 0.25) is 5.15 Å². The zero-order chi connectivity index (χ0) is 17.8. The number of carbonyl (C=O) groups excluding carboxylic acids is 1. The van der Waals surface area contributed by atoms with E-state index in [-0.39, 0.29) is 23.7 Å². The predicted octanol–water partition coefficient (Wildman–Crippen LogP) is 3.36. The molecule has 0 bridgehead atoms. The number of carbonyl (C=O) groups is 1. The quantitative estimate of drug-likeness (QED) is 0.906. The first-order chi connectivity index (χ1) is 12.0. The fourth-order valence-electron chi connectivity index (χ4n) is 3.07. The summed E-state index contributed by atoms with van der Waals surface area (Å²) in [5.74, 6) is 0.259. The van der Waals surface area contributed by atoms with Gasteiger partial charge in [-0.3, -0.25) is 4.79 Å². The number of anilines is 1. The second-order valence-electron chi connectivity index (χ2n) is 6.28. The molecule has 2 aromatic rings. The van der Waals surface area contributed by atoms with E-state index < -0.39 is 0 Å². The lowest BCUT2D eigenvalue weighted by molar-refractivity contribution is -0.125. The minimum Gasteiger partial charge on any atom is -0.354 e. The van der Waals surface area contributed by atoms with Gasteiger partial charge in [-0.2, -0.15) is 0 Å². The molecule has 5 nitrogen and oxygen atoms in total. The lowest BCUT2D eigenvalue weighted by atomic mass is 9.96. The third-order valence-electron chi connectivity index (χ3n) is 4.44. The van der Waals surface area contributed by atoms with Crippen LogP contribution < -0.4 is 10.2 Å². The SMILES string of the molecule is C[C@H](NC(=O)[C@@H]1CCCN(c2ccc(Cl)nn2)C1)c1cccc(F)c1. The molecule has 0 spiro atoms. The van der Waals surface area contributed by atoms with Crippen molar-refractivity contribution in [2.75, 3.05) is 18.0 Å². The molecule has 2 heterocycles. The smallest absolute Gasteiger partial charge is 0.225 e. The molecule has 1 aliphatic heterocycles. The summed E-state index contributed by atoms with van der Waals surface area (Å²) in [7, 11) is 0. The van der Waals surface area contributed by atoms with Crippen LogP contribution in [0.1, 0.15) is 31.4 Å². The molecule has 0 saturated carbocycles. The van der Waals surface area contributed by atoms with E-state index >= 15 is 0 Å². The summed E-state index contributed by atoms with van der Waals surface area (Å²) in [5.41, 5.74) is 0.754. The largest absolute Gasteiger partial charge is 0.354 e. The number of nitrogens with one attached hydrogen (secondary N) is 1. The number of hydrogen-bond acceptors (Lipinski definition) is 4. The summed E-state index contributed by atoms with van der Waals surface area (Å²) in [6.45, 7) is 3.27. The van der Waals surface area contributed by atoms with E-state index in [0.717, 1.165) is 30.8 Å². The van der Waals surface area contributed by atoms with E-state index in [1.54, 1.807) is 12.1 Å². The highest BCUT2D eigenvalue weighted by atomic mass is 35.5. The second-order valence-corrected chi connectivity index (χ2v) is 6.67. The molecule has 132 valence electrons. The molecule has 1 N–H and O–H groups in total. The van der Waals surface area contributed by atoms with Crippen molar-refractivity contribution in [3.05, 3.63) is 52.9 Å². The zero-order valence-electron chi connectivity index (χ0n) is 14.0. The highest BCUT2D eigenvalue weighted by Gasteiger charge is 2.27. The van der Waals surface area contributed by atoms with E-state index in [1.807, 2.05) is 24.0 Å². The third-order valence-corrected chi connectivity index (χ3v) is 4.64. The van der Waals surface area contributed by atoms with Crippen LogP contribution >= 0.6 is 11.6 Å². The maximum absolute atomic E-state index is 13.3. The van der Waals surface area contributed by atoms with Crippen molar-refractivity contribution in [1.29, 1.82) is 0 Å². The Labute approximate surface area is 151 Å². The van der Waals surface area contributed by atoms with Gasteiger partial charge in [0.25, 0.3) is 0 Å². The van der Waals surface area contributed by atoms with Crippen LogP contribution in [0.25, 0.3) is 0 Å². The molecule has 1 saturated heterocycles. The van der Waals surface area contributed by atoms with Gasteiger partial charge in [0, 0.05) is 13.1 Å². The maximum atomic E-state index is 13.3. The summed E-state index contributed by atoms with van der Waals surface area (Å²) in [6, 6.07) is 9.56. The number of halogens is 2. The Balaban J connectivity index is 1.62. The summed E-state index contributed by atoms with van der Waals surface area (Å²) in [6.07, 6.45) is 1.72. The van der Waals surface area contributed by atoms with Crippen molar-refractivity contribution in [3.8, 4) is 0 Å². The summed E-state index contributed by atoms with van der Waals surface area (Å²) in [5, 5.41) is 11.3. The van der Waals surface area contributed by atoms with Crippen LogP contribution in [-0.2, 0) is 4.79 Å². The van der Waals surface area contributed by atoms with E-state index in [1.165, 1.54) is 12.1 Å². The number of piperidine rings is 1.